The van der Waals surface area contributed by atoms with Gasteiger partial charge in [0.2, 0.25) is 0 Å². The van der Waals surface area contributed by atoms with Crippen molar-refractivity contribution in [2.45, 2.75) is 36.5 Å². The minimum Gasteiger partial charge on any atom is -0.456 e. The second-order valence-electron chi connectivity index (χ2n) is 26.2. The molecule has 3 nitrogen and oxygen atoms in total. The Hall–Kier alpha value is -10.6. The predicted molar refractivity (Wildman–Crippen MR) is 387 cm³/mol. The van der Waals surface area contributed by atoms with Crippen LogP contribution in [0.5, 0.6) is 0 Å². The number of thiophene rings is 2. The van der Waals surface area contributed by atoms with Crippen molar-refractivity contribution in [2.75, 3.05) is 0 Å². The summed E-state index contributed by atoms with van der Waals surface area (Å²) < 4.78 is 17.4. The van der Waals surface area contributed by atoms with E-state index in [1.165, 1.54) is 173 Å². The molecule has 91 heavy (non-hydrogen) atoms. The Morgan fingerprint density at radius 2 is 0.736 bits per heavy atom. The first-order valence-corrected chi connectivity index (χ1v) is 33.4. The summed E-state index contributed by atoms with van der Waals surface area (Å²) in [6.45, 7) is 4.89. The summed E-state index contributed by atoms with van der Waals surface area (Å²) in [6, 6.07) is 87.4. The van der Waals surface area contributed by atoms with Crippen molar-refractivity contribution in [1.29, 1.82) is 0 Å². The van der Waals surface area contributed by atoms with Crippen LogP contribution >= 0.6 is 22.7 Å². The Morgan fingerprint density at radius 3 is 1.22 bits per heavy atom. The van der Waals surface area contributed by atoms with E-state index in [-0.39, 0.29) is 22.7 Å². The average molecular weight is 1200 g/mol. The van der Waals surface area contributed by atoms with E-state index in [2.05, 4.69) is 302 Å². The number of fused-ring (bicyclic) bond motifs is 27. The molecular weight excluding hydrogens is 1140 g/mol. The van der Waals surface area contributed by atoms with Crippen molar-refractivity contribution in [1.82, 2.24) is 9.13 Å². The molecule has 4 aliphatic carbocycles. The van der Waals surface area contributed by atoms with Crippen LogP contribution in [0.1, 0.15) is 47.9 Å². The average Bonchev–Trinajstić information content (AvgIpc) is 1.62. The molecule has 17 aromatic rings. The van der Waals surface area contributed by atoms with E-state index < -0.39 is 0 Å². The van der Waals surface area contributed by atoms with Gasteiger partial charge in [0.05, 0.1) is 42.8 Å². The Bertz CT molecular complexity index is 5900. The number of nitrogens with zero attached hydrogens (tertiary/aromatic N) is 2. The molecule has 5 aromatic heterocycles. The van der Waals surface area contributed by atoms with Gasteiger partial charge in [0.25, 0.3) is 0 Å². The highest BCUT2D eigenvalue weighted by Gasteiger charge is 2.44. The van der Waals surface area contributed by atoms with Gasteiger partial charge in [0.15, 0.2) is 0 Å². The zero-order valence-electron chi connectivity index (χ0n) is 49.8. The molecule has 426 valence electrons. The van der Waals surface area contributed by atoms with E-state index in [1.54, 1.807) is 0 Å². The molecule has 0 fully saturated rings. The minimum absolute atomic E-state index is 0.145. The molecule has 12 aromatic carbocycles. The molecule has 4 aliphatic rings. The summed E-state index contributed by atoms with van der Waals surface area (Å²) in [5.41, 5.74) is 23.9. The molecule has 0 saturated heterocycles. The third-order valence-corrected chi connectivity index (χ3v) is 23.9. The van der Waals surface area contributed by atoms with E-state index in [1.807, 2.05) is 22.7 Å². The molecule has 0 aliphatic heterocycles. The number of para-hydroxylation sites is 2. The van der Waals surface area contributed by atoms with Crippen LogP contribution in [0.25, 0.3) is 162 Å². The first-order valence-electron chi connectivity index (χ1n) is 31.8. The van der Waals surface area contributed by atoms with Gasteiger partial charge in [-0.3, -0.25) is 0 Å². The number of hydrogen-bond acceptors (Lipinski definition) is 3. The fourth-order valence-electron chi connectivity index (χ4n) is 17.2. The number of furan rings is 1. The topological polar surface area (TPSA) is 23.0 Å². The molecule has 5 heteroatoms. The molecule has 4 unspecified atom stereocenters. The molecule has 21 rings (SSSR count). The third-order valence-electron chi connectivity index (χ3n) is 21.5. The van der Waals surface area contributed by atoms with Gasteiger partial charge < -0.3 is 13.6 Å². The van der Waals surface area contributed by atoms with E-state index >= 15 is 0 Å². The van der Waals surface area contributed by atoms with Gasteiger partial charge in [-0.05, 0) is 164 Å². The maximum Gasteiger partial charge on any atom is 0.136 e. The molecule has 0 saturated carbocycles. The zero-order chi connectivity index (χ0) is 59.6. The highest BCUT2D eigenvalue weighted by Crippen LogP contribution is 2.59. The number of allylic oxidation sites excluding steroid dienone is 8. The van der Waals surface area contributed by atoms with E-state index in [0.29, 0.717) is 0 Å². The van der Waals surface area contributed by atoms with Crippen LogP contribution < -0.4 is 0 Å². The lowest BCUT2D eigenvalue weighted by atomic mass is 9.60. The molecular formula is C86H54N2OS2. The van der Waals surface area contributed by atoms with Gasteiger partial charge in [0.1, 0.15) is 11.2 Å². The Balaban J connectivity index is 0.677. The summed E-state index contributed by atoms with van der Waals surface area (Å²) in [5.74, 6) is 0.290. The van der Waals surface area contributed by atoms with Crippen molar-refractivity contribution in [3.63, 3.8) is 0 Å². The molecule has 4 atom stereocenters. The van der Waals surface area contributed by atoms with Gasteiger partial charge in [-0.15, -0.1) is 22.7 Å². The standard InChI is InChI=1S/C86H54N2OS2/c1-85-39-13-11-23-69(85)61-41-49(51-33-37-75-65(43-51)55-17-3-7-25-73(55)87(75)77-27-15-21-59-57-19-5-9-29-81(57)90-83(59)77)31-35-53(61)63-47-79-67(45-71(63)85)68-46-72-64(48-80(68)89-79)54-36-32-50(42-62(54)70-24-12-14-40-86(70,72)2)52-34-38-76-66(44-52)56-18-4-8-26-74(56)88(76)78-28-16-22-60-58-20-6-10-30-82(58)91-84(60)78/h3-48,69-70H,1-2H3. The SMILES string of the molecule is CC12C=CC=CC1c1cc(-c3ccc4c(c3)c3ccccc3n4-c3cccc4c3sc3ccccc34)ccc1-c1cc3oc4cc5c(cc4c3cc12)C1(C)C=CC=CC1c1cc(-c2ccc3c(c2)c2ccccc2n3-c2cccc3c2sc2ccccc23)ccc1-5. The van der Waals surface area contributed by atoms with E-state index in [9.17, 15) is 0 Å². The lowest BCUT2D eigenvalue weighted by Crippen LogP contribution is -2.32. The van der Waals surface area contributed by atoms with Crippen molar-refractivity contribution in [3.05, 3.63) is 301 Å². The largest absolute Gasteiger partial charge is 0.456 e. The van der Waals surface area contributed by atoms with Crippen molar-refractivity contribution in [2.24, 2.45) is 0 Å². The summed E-state index contributed by atoms with van der Waals surface area (Å²) >= 11 is 3.77. The molecule has 0 radical (unpaired) electrons. The van der Waals surface area contributed by atoms with Crippen LogP contribution in [0.4, 0.5) is 0 Å². The van der Waals surface area contributed by atoms with Crippen LogP contribution in [0.15, 0.2) is 284 Å². The first-order chi connectivity index (χ1) is 44.8. The second-order valence-corrected chi connectivity index (χ2v) is 28.3. The molecule has 0 spiro atoms. The van der Waals surface area contributed by atoms with Crippen molar-refractivity contribution >= 4 is 129 Å². The van der Waals surface area contributed by atoms with Gasteiger partial charge in [0, 0.05) is 85.9 Å². The summed E-state index contributed by atoms with van der Waals surface area (Å²) in [6.07, 6.45) is 18.8. The minimum atomic E-state index is -0.285. The highest BCUT2D eigenvalue weighted by atomic mass is 32.1. The maximum atomic E-state index is 7.17. The Kier molecular flexibility index (Phi) is 10.00. The Labute approximate surface area is 532 Å². The predicted octanol–water partition coefficient (Wildman–Crippen LogP) is 24.1. The smallest absolute Gasteiger partial charge is 0.136 e. The summed E-state index contributed by atoms with van der Waals surface area (Å²) in [4.78, 5) is 0. The highest BCUT2D eigenvalue weighted by molar-refractivity contribution is 7.26. The number of rotatable bonds is 4. The lowest BCUT2D eigenvalue weighted by Gasteiger charge is -2.43. The van der Waals surface area contributed by atoms with Crippen LogP contribution in [0, 0.1) is 0 Å². The van der Waals surface area contributed by atoms with Crippen LogP contribution in [0.2, 0.25) is 0 Å². The fourth-order valence-corrected chi connectivity index (χ4v) is 19.6. The zero-order valence-corrected chi connectivity index (χ0v) is 51.5. The quantitative estimate of drug-likeness (QED) is 0.172. The number of hydrogen-bond donors (Lipinski definition) is 0. The lowest BCUT2D eigenvalue weighted by molar-refractivity contribution is 0.519. The van der Waals surface area contributed by atoms with Crippen LogP contribution in [-0.2, 0) is 10.8 Å². The molecule has 0 N–H and O–H groups in total. The van der Waals surface area contributed by atoms with Crippen molar-refractivity contribution in [3.8, 4) is 55.9 Å². The normalized spacial score (nSPS) is 18.8. The number of benzene rings is 12. The van der Waals surface area contributed by atoms with Gasteiger partial charge in [-0.2, -0.15) is 0 Å². The number of aromatic nitrogens is 2. The van der Waals surface area contributed by atoms with Crippen LogP contribution in [0.3, 0.4) is 0 Å². The Morgan fingerprint density at radius 1 is 0.330 bits per heavy atom. The van der Waals surface area contributed by atoms with E-state index in [0.717, 1.165) is 11.2 Å². The molecule has 0 amide bonds. The monoisotopic (exact) mass is 1190 g/mol. The van der Waals surface area contributed by atoms with Gasteiger partial charge >= 0.3 is 0 Å². The van der Waals surface area contributed by atoms with E-state index in [4.69, 9.17) is 4.42 Å². The van der Waals surface area contributed by atoms with Gasteiger partial charge in [-0.25, -0.2) is 0 Å². The summed E-state index contributed by atoms with van der Waals surface area (Å²) in [7, 11) is 0. The summed E-state index contributed by atoms with van der Waals surface area (Å²) in [5, 5.41) is 12.6. The molecule has 5 heterocycles. The van der Waals surface area contributed by atoms with Crippen LogP contribution in [-0.4, -0.2) is 9.13 Å². The third kappa shape index (κ3) is 6.76. The van der Waals surface area contributed by atoms with Crippen molar-refractivity contribution < 1.29 is 4.42 Å². The maximum absolute atomic E-state index is 7.17. The molecule has 0 bridgehead atoms. The second kappa shape index (κ2) is 18.1. The first kappa shape index (κ1) is 50.3. The fraction of sp³-hybridized carbons (Fsp3) is 0.0698. The van der Waals surface area contributed by atoms with Gasteiger partial charge in [-0.1, -0.05) is 196 Å².